The molecule has 2 nitrogen and oxygen atoms in total. The lowest BCUT2D eigenvalue weighted by molar-refractivity contribution is 0.320. The van der Waals surface area contributed by atoms with E-state index in [1.54, 1.807) is 11.3 Å². The molecule has 0 aliphatic heterocycles. The maximum absolute atomic E-state index is 5.43. The zero-order valence-electron chi connectivity index (χ0n) is 8.20. The Labute approximate surface area is 84.4 Å². The molecule has 13 heavy (non-hydrogen) atoms. The molecule has 0 aliphatic rings. The number of rotatable bonds is 6. The normalized spacial score (nSPS) is 11.0. The molecule has 0 spiro atoms. The molecule has 1 heterocycles. The van der Waals surface area contributed by atoms with Gasteiger partial charge in [-0.05, 0) is 55.4 Å². The van der Waals surface area contributed by atoms with Crippen molar-refractivity contribution >= 4 is 11.3 Å². The number of hydrogen-bond acceptors (Lipinski definition) is 3. The van der Waals surface area contributed by atoms with Crippen molar-refractivity contribution in [3.63, 3.8) is 0 Å². The van der Waals surface area contributed by atoms with Gasteiger partial charge in [0, 0.05) is 6.54 Å². The lowest BCUT2D eigenvalue weighted by Crippen LogP contribution is -2.19. The minimum absolute atomic E-state index is 0.812. The summed E-state index contributed by atoms with van der Waals surface area (Å²) in [6, 6.07) is 2.18. The van der Waals surface area contributed by atoms with Gasteiger partial charge in [0.25, 0.3) is 0 Å². The Morgan fingerprint density at radius 1 is 1.46 bits per heavy atom. The molecule has 0 bridgehead atoms. The van der Waals surface area contributed by atoms with Gasteiger partial charge in [-0.25, -0.2) is 0 Å². The third kappa shape index (κ3) is 4.41. The summed E-state index contributed by atoms with van der Waals surface area (Å²) in [5, 5.41) is 4.34. The van der Waals surface area contributed by atoms with E-state index in [4.69, 9.17) is 5.73 Å². The third-order valence-electron chi connectivity index (χ3n) is 2.03. The van der Waals surface area contributed by atoms with E-state index in [0.29, 0.717) is 0 Å². The van der Waals surface area contributed by atoms with Crippen LogP contribution in [-0.2, 0) is 6.54 Å². The Bertz CT molecular complexity index is 209. The molecule has 1 aromatic rings. The van der Waals surface area contributed by atoms with Crippen molar-refractivity contribution in [2.75, 3.05) is 20.1 Å². The van der Waals surface area contributed by atoms with Gasteiger partial charge in [-0.3, -0.25) is 0 Å². The van der Waals surface area contributed by atoms with Gasteiger partial charge in [0.1, 0.15) is 0 Å². The van der Waals surface area contributed by atoms with Gasteiger partial charge >= 0.3 is 0 Å². The van der Waals surface area contributed by atoms with Gasteiger partial charge in [-0.1, -0.05) is 0 Å². The summed E-state index contributed by atoms with van der Waals surface area (Å²) in [5.74, 6) is 0. The highest BCUT2D eigenvalue weighted by molar-refractivity contribution is 7.07. The average molecular weight is 198 g/mol. The number of unbranched alkanes of at least 4 members (excludes halogenated alkanes) is 1. The van der Waals surface area contributed by atoms with Crippen molar-refractivity contribution < 1.29 is 0 Å². The second kappa shape index (κ2) is 6.13. The molecule has 3 heteroatoms. The minimum atomic E-state index is 0.812. The highest BCUT2D eigenvalue weighted by Gasteiger charge is 1.99. The van der Waals surface area contributed by atoms with Crippen LogP contribution in [0, 0.1) is 0 Å². The van der Waals surface area contributed by atoms with E-state index in [-0.39, 0.29) is 0 Å². The standard InChI is InChI=1S/C10H18N2S/c1-12(6-3-2-5-11)8-10-4-7-13-9-10/h4,7,9H,2-3,5-6,8,11H2,1H3. The van der Waals surface area contributed by atoms with Crippen LogP contribution in [0.15, 0.2) is 16.8 Å². The second-order valence-electron chi connectivity index (χ2n) is 3.37. The predicted octanol–water partition coefficient (Wildman–Crippen LogP) is 1.92. The van der Waals surface area contributed by atoms with Gasteiger partial charge in [0.05, 0.1) is 0 Å². The third-order valence-corrected chi connectivity index (χ3v) is 2.76. The first-order valence-corrected chi connectivity index (χ1v) is 5.67. The monoisotopic (exact) mass is 198 g/mol. The fourth-order valence-corrected chi connectivity index (χ4v) is 1.96. The van der Waals surface area contributed by atoms with Gasteiger partial charge in [-0.15, -0.1) is 0 Å². The Morgan fingerprint density at radius 3 is 2.92 bits per heavy atom. The molecular weight excluding hydrogens is 180 g/mol. The summed E-state index contributed by atoms with van der Waals surface area (Å²) in [6.45, 7) is 3.02. The molecule has 0 unspecified atom stereocenters. The predicted molar refractivity (Wildman–Crippen MR) is 58.9 cm³/mol. The van der Waals surface area contributed by atoms with Crippen LogP contribution >= 0.6 is 11.3 Å². The molecule has 2 N–H and O–H groups in total. The first-order valence-electron chi connectivity index (χ1n) is 4.72. The zero-order chi connectivity index (χ0) is 9.52. The molecule has 0 aromatic carbocycles. The highest BCUT2D eigenvalue weighted by Crippen LogP contribution is 2.08. The largest absolute Gasteiger partial charge is 0.330 e. The number of thiophene rings is 1. The highest BCUT2D eigenvalue weighted by atomic mass is 32.1. The molecule has 1 aromatic heterocycles. The van der Waals surface area contributed by atoms with Crippen molar-refractivity contribution in [3.05, 3.63) is 22.4 Å². The number of hydrogen-bond donors (Lipinski definition) is 1. The second-order valence-corrected chi connectivity index (χ2v) is 4.15. The van der Waals surface area contributed by atoms with Crippen LogP contribution in [0.4, 0.5) is 0 Å². The lowest BCUT2D eigenvalue weighted by Gasteiger charge is -2.14. The van der Waals surface area contributed by atoms with Crippen molar-refractivity contribution in [2.45, 2.75) is 19.4 Å². The average Bonchev–Trinajstić information content (AvgIpc) is 2.57. The van der Waals surface area contributed by atoms with Gasteiger partial charge in [0.2, 0.25) is 0 Å². The van der Waals surface area contributed by atoms with E-state index in [1.165, 1.54) is 12.0 Å². The molecule has 0 radical (unpaired) electrons. The van der Waals surface area contributed by atoms with E-state index >= 15 is 0 Å². The summed E-state index contributed by atoms with van der Waals surface area (Å²) < 4.78 is 0. The molecule has 0 amide bonds. The van der Waals surface area contributed by atoms with Crippen molar-refractivity contribution in [1.82, 2.24) is 4.90 Å². The SMILES string of the molecule is CN(CCCCN)Cc1ccsc1. The molecule has 1 rings (SSSR count). The Balaban J connectivity index is 2.14. The number of nitrogens with two attached hydrogens (primary N) is 1. The van der Waals surface area contributed by atoms with Crippen LogP contribution in [0.2, 0.25) is 0 Å². The van der Waals surface area contributed by atoms with E-state index in [2.05, 4.69) is 28.8 Å². The van der Waals surface area contributed by atoms with E-state index in [9.17, 15) is 0 Å². The quantitative estimate of drug-likeness (QED) is 0.708. The van der Waals surface area contributed by atoms with Crippen LogP contribution < -0.4 is 5.73 Å². The smallest absolute Gasteiger partial charge is 0.0238 e. The molecule has 74 valence electrons. The first kappa shape index (κ1) is 10.7. The Morgan fingerprint density at radius 2 is 2.31 bits per heavy atom. The van der Waals surface area contributed by atoms with Crippen LogP contribution in [-0.4, -0.2) is 25.0 Å². The molecule has 0 aliphatic carbocycles. The van der Waals surface area contributed by atoms with Crippen molar-refractivity contribution in [2.24, 2.45) is 5.73 Å². The van der Waals surface area contributed by atoms with Gasteiger partial charge < -0.3 is 10.6 Å². The van der Waals surface area contributed by atoms with Crippen LogP contribution in [0.5, 0.6) is 0 Å². The fourth-order valence-electron chi connectivity index (χ4n) is 1.30. The minimum Gasteiger partial charge on any atom is -0.330 e. The maximum atomic E-state index is 5.43. The maximum Gasteiger partial charge on any atom is 0.0238 e. The van der Waals surface area contributed by atoms with E-state index < -0.39 is 0 Å². The Kier molecular flexibility index (Phi) is 5.05. The topological polar surface area (TPSA) is 29.3 Å². The summed E-state index contributed by atoms with van der Waals surface area (Å²) in [7, 11) is 2.16. The molecule has 0 atom stereocenters. The summed E-state index contributed by atoms with van der Waals surface area (Å²) in [4.78, 5) is 2.34. The van der Waals surface area contributed by atoms with Gasteiger partial charge in [-0.2, -0.15) is 11.3 Å². The van der Waals surface area contributed by atoms with Crippen LogP contribution in [0.3, 0.4) is 0 Å². The first-order chi connectivity index (χ1) is 6.33. The van der Waals surface area contributed by atoms with Crippen LogP contribution in [0.1, 0.15) is 18.4 Å². The van der Waals surface area contributed by atoms with Crippen LogP contribution in [0.25, 0.3) is 0 Å². The molecular formula is C10H18N2S. The van der Waals surface area contributed by atoms with Crippen molar-refractivity contribution in [3.8, 4) is 0 Å². The van der Waals surface area contributed by atoms with E-state index in [0.717, 1.165) is 26.1 Å². The van der Waals surface area contributed by atoms with Gasteiger partial charge in [0.15, 0.2) is 0 Å². The molecule has 0 saturated carbocycles. The zero-order valence-corrected chi connectivity index (χ0v) is 9.02. The fraction of sp³-hybridized carbons (Fsp3) is 0.600. The summed E-state index contributed by atoms with van der Waals surface area (Å²) >= 11 is 1.76. The Hall–Kier alpha value is -0.380. The number of nitrogens with zero attached hydrogens (tertiary/aromatic N) is 1. The summed E-state index contributed by atoms with van der Waals surface area (Å²) in [5.41, 5.74) is 6.85. The van der Waals surface area contributed by atoms with E-state index in [1.807, 2.05) is 0 Å². The molecule has 0 fully saturated rings. The van der Waals surface area contributed by atoms with Crippen molar-refractivity contribution in [1.29, 1.82) is 0 Å². The summed E-state index contributed by atoms with van der Waals surface area (Å²) in [6.07, 6.45) is 2.34. The lowest BCUT2D eigenvalue weighted by atomic mass is 10.2. The molecule has 0 saturated heterocycles.